The summed E-state index contributed by atoms with van der Waals surface area (Å²) in [4.78, 5) is 4.61. The molecule has 0 aliphatic carbocycles. The van der Waals surface area contributed by atoms with Gasteiger partial charge in [0.1, 0.15) is 22.7 Å². The highest BCUT2D eigenvalue weighted by atomic mass is 16.3. The Morgan fingerprint density at radius 2 is 0.841 bits per heavy atom. The van der Waals surface area contributed by atoms with Gasteiger partial charge in [0, 0.05) is 72.7 Å². The standard InChI is InChI=1S/C78H70N2O2/c1-11-52-29-39-61(40-30-52)80(65-47-37-59(38-48-65)78(8,9)10)63-43-33-57(34-44-63)75-70(55-27-21-16-22-28-55)72-67-49-51(4)73-71(68(67)50-66(76(72)82-75)53-23-17-14-18-24-53)69(54-25-19-15-20-26-54)74(81-73)56-31-41-62(42-32-56)79(60(12-2)13-3)64-45-35-58(36-46-64)77(5,6)7/h12-50H,2,11H2,1,3-10H3/b60-13+. The molecule has 404 valence electrons. The highest BCUT2D eigenvalue weighted by Crippen LogP contribution is 2.53. The SMILES string of the molecule is C=C/C(=C\C)N(c1ccc(-c2oc3c(C)cc4c(cc(-c5ccccc5)c5oc(-c6ccc(N(c7ccc(CC)cc7)c7ccc(C(C)(C)C)cc7)cc6)c(-c6ccccc6)c54)c3c2-c2ccccc2)cc1)c1ccc(C(C)(C)C)cc1. The Bertz CT molecular complexity index is 4290. The molecule has 12 rings (SSSR count). The zero-order chi connectivity index (χ0) is 56.9. The summed E-state index contributed by atoms with van der Waals surface area (Å²) in [5, 5.41) is 4.32. The van der Waals surface area contributed by atoms with E-state index in [-0.39, 0.29) is 10.8 Å². The molecular weight excluding hydrogens is 997 g/mol. The van der Waals surface area contributed by atoms with Crippen molar-refractivity contribution >= 4 is 61.1 Å². The molecule has 0 aliphatic rings. The molecule has 0 saturated carbocycles. The van der Waals surface area contributed by atoms with Crippen LogP contribution in [0, 0.1) is 6.92 Å². The molecule has 0 atom stereocenters. The Kier molecular flexibility index (Phi) is 14.0. The van der Waals surface area contributed by atoms with Crippen LogP contribution in [0.15, 0.2) is 258 Å². The molecule has 2 heterocycles. The lowest BCUT2D eigenvalue weighted by molar-refractivity contribution is 0.590. The number of hydrogen-bond donors (Lipinski definition) is 0. The van der Waals surface area contributed by atoms with Gasteiger partial charge in [0.2, 0.25) is 0 Å². The second kappa shape index (κ2) is 21.6. The maximum absolute atomic E-state index is 7.48. The minimum absolute atomic E-state index is 0.0404. The van der Waals surface area contributed by atoms with Gasteiger partial charge in [-0.25, -0.2) is 0 Å². The second-order valence-electron chi connectivity index (χ2n) is 23.6. The van der Waals surface area contributed by atoms with Gasteiger partial charge in [-0.05, 0) is 184 Å². The van der Waals surface area contributed by atoms with Crippen molar-refractivity contribution in [3.8, 4) is 56.0 Å². The number of furan rings is 2. The van der Waals surface area contributed by atoms with E-state index in [4.69, 9.17) is 8.83 Å². The van der Waals surface area contributed by atoms with Crippen molar-refractivity contribution in [3.05, 3.63) is 271 Å². The molecule has 0 amide bonds. The van der Waals surface area contributed by atoms with Gasteiger partial charge in [0.25, 0.3) is 0 Å². The van der Waals surface area contributed by atoms with Crippen LogP contribution >= 0.6 is 0 Å². The van der Waals surface area contributed by atoms with Crippen LogP contribution in [0.3, 0.4) is 0 Å². The summed E-state index contributed by atoms with van der Waals surface area (Å²) >= 11 is 0. The normalized spacial score (nSPS) is 12.1. The smallest absolute Gasteiger partial charge is 0.143 e. The van der Waals surface area contributed by atoms with E-state index in [2.05, 4.69) is 309 Å². The molecule has 82 heavy (non-hydrogen) atoms. The van der Waals surface area contributed by atoms with Gasteiger partial charge in [0.15, 0.2) is 0 Å². The number of nitrogens with zero attached hydrogens (tertiary/aromatic N) is 2. The predicted octanol–water partition coefficient (Wildman–Crippen LogP) is 22.8. The first kappa shape index (κ1) is 53.3. The van der Waals surface area contributed by atoms with Crippen molar-refractivity contribution in [1.29, 1.82) is 0 Å². The van der Waals surface area contributed by atoms with Gasteiger partial charge in [-0.2, -0.15) is 0 Å². The average molecular weight is 1070 g/mol. The first-order valence-corrected chi connectivity index (χ1v) is 28.8. The molecule has 4 heteroatoms. The monoisotopic (exact) mass is 1070 g/mol. The molecule has 0 spiro atoms. The van der Waals surface area contributed by atoms with Gasteiger partial charge < -0.3 is 18.6 Å². The van der Waals surface area contributed by atoms with Crippen LogP contribution in [-0.2, 0) is 17.3 Å². The fourth-order valence-corrected chi connectivity index (χ4v) is 11.8. The second-order valence-corrected chi connectivity index (χ2v) is 23.6. The lowest BCUT2D eigenvalue weighted by Gasteiger charge is -2.27. The fourth-order valence-electron chi connectivity index (χ4n) is 11.8. The maximum atomic E-state index is 7.48. The van der Waals surface area contributed by atoms with E-state index in [0.29, 0.717) is 0 Å². The number of fused-ring (bicyclic) bond motifs is 5. The molecule has 0 fully saturated rings. The van der Waals surface area contributed by atoms with Crippen molar-refractivity contribution < 1.29 is 8.83 Å². The summed E-state index contributed by atoms with van der Waals surface area (Å²) in [7, 11) is 0. The van der Waals surface area contributed by atoms with Crippen LogP contribution in [0.4, 0.5) is 28.4 Å². The number of rotatable bonds is 13. The molecule has 4 nitrogen and oxygen atoms in total. The Labute approximate surface area is 484 Å². The fraction of sp³-hybridized carbons (Fsp3) is 0.154. The third-order valence-electron chi connectivity index (χ3n) is 16.2. The molecule has 2 aromatic heterocycles. The summed E-state index contributed by atoms with van der Waals surface area (Å²) in [6, 6.07) is 81.4. The zero-order valence-electron chi connectivity index (χ0n) is 48.6. The molecular formula is C78H70N2O2. The number of anilines is 5. The Morgan fingerprint density at radius 3 is 1.28 bits per heavy atom. The van der Waals surface area contributed by atoms with Crippen LogP contribution in [0.2, 0.25) is 0 Å². The quantitative estimate of drug-likeness (QED) is 0.108. The average Bonchev–Trinajstić information content (AvgIpc) is 4.18. The molecule has 0 unspecified atom stereocenters. The van der Waals surface area contributed by atoms with E-state index >= 15 is 0 Å². The first-order valence-electron chi connectivity index (χ1n) is 28.8. The van der Waals surface area contributed by atoms with E-state index in [1.54, 1.807) is 0 Å². The Morgan fingerprint density at radius 1 is 0.451 bits per heavy atom. The third-order valence-corrected chi connectivity index (χ3v) is 16.2. The van der Waals surface area contributed by atoms with Crippen molar-refractivity contribution in [2.24, 2.45) is 0 Å². The summed E-state index contributed by atoms with van der Waals surface area (Å²) in [6.07, 6.45) is 5.01. The van der Waals surface area contributed by atoms with E-state index in [0.717, 1.165) is 135 Å². The number of benzene rings is 10. The van der Waals surface area contributed by atoms with E-state index < -0.39 is 0 Å². The Hall–Kier alpha value is -9.38. The molecule has 10 aromatic carbocycles. The van der Waals surface area contributed by atoms with Gasteiger partial charge in [0.05, 0.1) is 0 Å². The lowest BCUT2D eigenvalue weighted by atomic mass is 9.87. The van der Waals surface area contributed by atoms with Crippen molar-refractivity contribution in [3.63, 3.8) is 0 Å². The summed E-state index contributed by atoms with van der Waals surface area (Å²) in [5.74, 6) is 1.63. The van der Waals surface area contributed by atoms with Gasteiger partial charge >= 0.3 is 0 Å². The topological polar surface area (TPSA) is 32.8 Å². The number of allylic oxidation sites excluding steroid dienone is 2. The van der Waals surface area contributed by atoms with Crippen LogP contribution in [0.25, 0.3) is 88.7 Å². The molecule has 0 saturated heterocycles. The van der Waals surface area contributed by atoms with E-state index in [9.17, 15) is 0 Å². The highest BCUT2D eigenvalue weighted by Gasteiger charge is 2.29. The van der Waals surface area contributed by atoms with Crippen molar-refractivity contribution in [2.45, 2.75) is 79.6 Å². The minimum atomic E-state index is 0.0404. The molecule has 0 bridgehead atoms. The number of hydrogen-bond acceptors (Lipinski definition) is 4. The van der Waals surface area contributed by atoms with Crippen LogP contribution in [0.1, 0.15) is 77.6 Å². The highest BCUT2D eigenvalue weighted by molar-refractivity contribution is 6.28. The molecule has 0 aliphatic heterocycles. The minimum Gasteiger partial charge on any atom is -0.455 e. The number of aryl methyl sites for hydroxylation is 2. The first-order chi connectivity index (χ1) is 39.7. The van der Waals surface area contributed by atoms with Gasteiger partial charge in [-0.15, -0.1) is 0 Å². The van der Waals surface area contributed by atoms with Crippen molar-refractivity contribution in [1.82, 2.24) is 0 Å². The Balaban J connectivity index is 1.07. The summed E-state index contributed by atoms with van der Waals surface area (Å²) in [6.45, 7) is 24.2. The van der Waals surface area contributed by atoms with Crippen LogP contribution < -0.4 is 9.80 Å². The van der Waals surface area contributed by atoms with Gasteiger partial charge in [-0.1, -0.05) is 189 Å². The molecule has 0 radical (unpaired) electrons. The lowest BCUT2D eigenvalue weighted by Crippen LogP contribution is -2.16. The third kappa shape index (κ3) is 9.83. The van der Waals surface area contributed by atoms with Crippen LogP contribution in [-0.4, -0.2) is 0 Å². The predicted molar refractivity (Wildman–Crippen MR) is 349 cm³/mol. The summed E-state index contributed by atoms with van der Waals surface area (Å²) in [5.41, 5.74) is 21.4. The van der Waals surface area contributed by atoms with Gasteiger partial charge in [-0.3, -0.25) is 0 Å². The van der Waals surface area contributed by atoms with Crippen molar-refractivity contribution in [2.75, 3.05) is 9.80 Å². The van der Waals surface area contributed by atoms with Crippen LogP contribution in [0.5, 0.6) is 0 Å². The summed E-state index contributed by atoms with van der Waals surface area (Å²) < 4.78 is 14.8. The molecule has 12 aromatic rings. The molecule has 0 N–H and O–H groups in total. The largest absolute Gasteiger partial charge is 0.455 e. The maximum Gasteiger partial charge on any atom is 0.143 e. The zero-order valence-corrected chi connectivity index (χ0v) is 48.6. The van der Waals surface area contributed by atoms with E-state index in [1.807, 2.05) is 6.08 Å². The van der Waals surface area contributed by atoms with E-state index in [1.165, 1.54) is 16.7 Å².